The summed E-state index contributed by atoms with van der Waals surface area (Å²) in [6, 6.07) is 0. The van der Waals surface area contributed by atoms with Gasteiger partial charge in [-0.3, -0.25) is 14.3 Å². The number of hydrogen-bond donors (Lipinski definition) is 2. The number of hydrogen-bond acceptors (Lipinski definition) is 6. The SMILES string of the molecule is CCC(C)(C)C(=O)OCCC(=O)NS(=O)(=O)CCO. The highest BCUT2D eigenvalue weighted by molar-refractivity contribution is 7.90. The topological polar surface area (TPSA) is 110 Å². The summed E-state index contributed by atoms with van der Waals surface area (Å²) in [5.41, 5.74) is -0.626. The lowest BCUT2D eigenvalue weighted by Gasteiger charge is -2.20. The monoisotopic (exact) mass is 295 g/mol. The third-order valence-electron chi connectivity index (χ3n) is 2.63. The molecule has 7 nitrogen and oxygen atoms in total. The average molecular weight is 295 g/mol. The molecule has 0 rings (SSSR count). The Morgan fingerprint density at radius 2 is 1.89 bits per heavy atom. The third-order valence-corrected chi connectivity index (χ3v) is 3.89. The number of amides is 1. The molecule has 0 aromatic rings. The van der Waals surface area contributed by atoms with Crippen molar-refractivity contribution in [2.24, 2.45) is 5.41 Å². The van der Waals surface area contributed by atoms with Gasteiger partial charge in [0.2, 0.25) is 15.9 Å². The van der Waals surface area contributed by atoms with Crippen molar-refractivity contribution in [2.75, 3.05) is 19.0 Å². The Kier molecular flexibility index (Phi) is 6.99. The Labute approximate surface area is 113 Å². The van der Waals surface area contributed by atoms with Crippen molar-refractivity contribution in [2.45, 2.75) is 33.6 Å². The fraction of sp³-hybridized carbons (Fsp3) is 0.818. The molecule has 19 heavy (non-hydrogen) atoms. The van der Waals surface area contributed by atoms with Crippen LogP contribution in [0.1, 0.15) is 33.6 Å². The van der Waals surface area contributed by atoms with E-state index >= 15 is 0 Å². The number of aliphatic hydroxyl groups excluding tert-OH is 1. The minimum absolute atomic E-state index is 0.178. The molecule has 0 unspecified atom stereocenters. The van der Waals surface area contributed by atoms with Gasteiger partial charge in [0.05, 0.1) is 24.2 Å². The molecular formula is C11H21NO6S. The predicted octanol–water partition coefficient (Wildman–Crippen LogP) is -0.206. The molecule has 0 heterocycles. The number of carbonyl (C=O) groups is 2. The van der Waals surface area contributed by atoms with Crippen LogP contribution >= 0.6 is 0 Å². The lowest BCUT2D eigenvalue weighted by atomic mass is 9.91. The van der Waals surface area contributed by atoms with Crippen LogP contribution in [0, 0.1) is 5.41 Å². The first-order valence-electron chi connectivity index (χ1n) is 5.96. The molecular weight excluding hydrogens is 274 g/mol. The molecule has 112 valence electrons. The number of carbonyl (C=O) groups excluding carboxylic acids is 2. The summed E-state index contributed by atoms with van der Waals surface area (Å²) >= 11 is 0. The van der Waals surface area contributed by atoms with E-state index in [2.05, 4.69) is 0 Å². The van der Waals surface area contributed by atoms with Crippen molar-refractivity contribution in [3.05, 3.63) is 0 Å². The molecule has 0 bridgehead atoms. The molecule has 0 aliphatic rings. The molecule has 2 N–H and O–H groups in total. The zero-order valence-corrected chi connectivity index (χ0v) is 12.2. The van der Waals surface area contributed by atoms with Crippen molar-refractivity contribution in [1.82, 2.24) is 4.72 Å². The summed E-state index contributed by atoms with van der Waals surface area (Å²) in [7, 11) is -3.80. The smallest absolute Gasteiger partial charge is 0.311 e. The van der Waals surface area contributed by atoms with Gasteiger partial charge in [0.1, 0.15) is 6.61 Å². The third kappa shape index (κ3) is 7.12. The van der Waals surface area contributed by atoms with Crippen LogP contribution in [0.5, 0.6) is 0 Å². The fourth-order valence-corrected chi connectivity index (χ4v) is 1.76. The first kappa shape index (κ1) is 17.8. The summed E-state index contributed by atoms with van der Waals surface area (Å²) in [4.78, 5) is 22.8. The van der Waals surface area contributed by atoms with E-state index in [4.69, 9.17) is 9.84 Å². The van der Waals surface area contributed by atoms with Crippen molar-refractivity contribution >= 4 is 21.9 Å². The van der Waals surface area contributed by atoms with E-state index in [1.807, 2.05) is 6.92 Å². The molecule has 0 aromatic heterocycles. The normalized spacial score (nSPS) is 12.0. The van der Waals surface area contributed by atoms with Crippen LogP contribution in [-0.4, -0.2) is 44.4 Å². The number of rotatable bonds is 8. The molecule has 0 saturated carbocycles. The van der Waals surface area contributed by atoms with Gasteiger partial charge in [-0.15, -0.1) is 0 Å². The van der Waals surface area contributed by atoms with Crippen LogP contribution in [0.3, 0.4) is 0 Å². The molecule has 8 heteroatoms. The second-order valence-electron chi connectivity index (χ2n) is 4.69. The first-order valence-corrected chi connectivity index (χ1v) is 7.61. The number of aliphatic hydroxyl groups is 1. The second-order valence-corrected chi connectivity index (χ2v) is 6.53. The van der Waals surface area contributed by atoms with Crippen LogP contribution in [0.15, 0.2) is 0 Å². The van der Waals surface area contributed by atoms with Crippen molar-refractivity contribution in [1.29, 1.82) is 0 Å². The highest BCUT2D eigenvalue weighted by Gasteiger charge is 2.27. The molecule has 0 saturated heterocycles. The standard InChI is InChI=1S/C11H21NO6S/c1-4-11(2,3)10(15)18-7-5-9(14)12-19(16,17)8-6-13/h13H,4-8H2,1-3H3,(H,12,14). The van der Waals surface area contributed by atoms with Crippen molar-refractivity contribution < 1.29 is 27.9 Å². The van der Waals surface area contributed by atoms with Gasteiger partial charge < -0.3 is 9.84 Å². The van der Waals surface area contributed by atoms with E-state index in [9.17, 15) is 18.0 Å². The van der Waals surface area contributed by atoms with Crippen LogP contribution < -0.4 is 4.72 Å². The summed E-state index contributed by atoms with van der Waals surface area (Å²) in [5.74, 6) is -1.74. The zero-order chi connectivity index (χ0) is 15.1. The Hall–Kier alpha value is -1.15. The van der Waals surface area contributed by atoms with E-state index in [0.717, 1.165) is 0 Å². The van der Waals surface area contributed by atoms with Crippen molar-refractivity contribution in [3.63, 3.8) is 0 Å². The van der Waals surface area contributed by atoms with Gasteiger partial charge in [0.25, 0.3) is 0 Å². The Morgan fingerprint density at radius 3 is 2.37 bits per heavy atom. The van der Waals surface area contributed by atoms with E-state index in [1.165, 1.54) is 0 Å². The molecule has 0 radical (unpaired) electrons. The van der Waals surface area contributed by atoms with Crippen LogP contribution in [-0.2, 0) is 24.3 Å². The zero-order valence-electron chi connectivity index (χ0n) is 11.4. The van der Waals surface area contributed by atoms with Gasteiger partial charge in [-0.05, 0) is 20.3 Å². The Balaban J connectivity index is 4.10. The van der Waals surface area contributed by atoms with Crippen molar-refractivity contribution in [3.8, 4) is 0 Å². The molecule has 1 amide bonds. The van der Waals surface area contributed by atoms with Crippen LogP contribution in [0.4, 0.5) is 0 Å². The predicted molar refractivity (Wildman–Crippen MR) is 68.7 cm³/mol. The van der Waals surface area contributed by atoms with Crippen LogP contribution in [0.2, 0.25) is 0 Å². The molecule has 0 atom stereocenters. The lowest BCUT2D eigenvalue weighted by molar-refractivity contribution is -0.154. The minimum atomic E-state index is -3.80. The summed E-state index contributed by atoms with van der Waals surface area (Å²) in [6.07, 6.45) is 0.360. The van der Waals surface area contributed by atoms with Gasteiger partial charge in [0, 0.05) is 0 Å². The average Bonchev–Trinajstić information content (AvgIpc) is 2.27. The molecule has 0 aromatic carbocycles. The number of nitrogens with one attached hydrogen (secondary N) is 1. The molecule has 0 aliphatic carbocycles. The summed E-state index contributed by atoms with van der Waals surface area (Å²) in [5, 5.41) is 8.48. The largest absolute Gasteiger partial charge is 0.465 e. The summed E-state index contributed by atoms with van der Waals surface area (Å²) < 4.78 is 29.0. The molecule has 0 fully saturated rings. The number of esters is 1. The Morgan fingerprint density at radius 1 is 1.32 bits per heavy atom. The maximum absolute atomic E-state index is 11.6. The van der Waals surface area contributed by atoms with E-state index in [-0.39, 0.29) is 13.0 Å². The molecule has 0 spiro atoms. The van der Waals surface area contributed by atoms with Gasteiger partial charge in [-0.2, -0.15) is 0 Å². The molecule has 0 aliphatic heterocycles. The number of sulfonamides is 1. The van der Waals surface area contributed by atoms with E-state index < -0.39 is 39.7 Å². The lowest BCUT2D eigenvalue weighted by Crippen LogP contribution is -2.34. The van der Waals surface area contributed by atoms with Gasteiger partial charge in [0.15, 0.2) is 0 Å². The highest BCUT2D eigenvalue weighted by Crippen LogP contribution is 2.21. The quantitative estimate of drug-likeness (QED) is 0.600. The van der Waals surface area contributed by atoms with Gasteiger partial charge in [-0.25, -0.2) is 8.42 Å². The summed E-state index contributed by atoms with van der Waals surface area (Å²) in [6.45, 7) is 4.54. The second kappa shape index (κ2) is 7.44. The maximum atomic E-state index is 11.6. The maximum Gasteiger partial charge on any atom is 0.311 e. The van der Waals surface area contributed by atoms with E-state index in [0.29, 0.717) is 6.42 Å². The van der Waals surface area contributed by atoms with E-state index in [1.54, 1.807) is 18.6 Å². The minimum Gasteiger partial charge on any atom is -0.465 e. The van der Waals surface area contributed by atoms with Crippen LogP contribution in [0.25, 0.3) is 0 Å². The highest BCUT2D eigenvalue weighted by atomic mass is 32.2. The Bertz CT molecular complexity index is 415. The van der Waals surface area contributed by atoms with Gasteiger partial charge in [-0.1, -0.05) is 6.92 Å². The first-order chi connectivity index (χ1) is 8.64. The van der Waals surface area contributed by atoms with Gasteiger partial charge >= 0.3 is 5.97 Å². The fourth-order valence-electron chi connectivity index (χ4n) is 0.972. The number of ether oxygens (including phenoxy) is 1.